The molecule has 2 aromatic heterocycles. The molecule has 0 radical (unpaired) electrons. The van der Waals surface area contributed by atoms with Crippen molar-refractivity contribution in [2.45, 2.75) is 24.9 Å². The first kappa shape index (κ1) is 18.6. The lowest BCUT2D eigenvalue weighted by Gasteiger charge is -2.17. The maximum atomic E-state index is 13.0. The number of nitrogens with one attached hydrogen (secondary N) is 2. The minimum atomic E-state index is -3.63. The Bertz CT molecular complexity index is 1150. The van der Waals surface area contributed by atoms with Gasteiger partial charge in [0.05, 0.1) is 17.1 Å². The van der Waals surface area contributed by atoms with Crippen LogP contribution in [0.1, 0.15) is 21.7 Å². The lowest BCUT2D eigenvalue weighted by molar-refractivity contribution is -0.111. The van der Waals surface area contributed by atoms with Gasteiger partial charge in [-0.15, -0.1) is 11.3 Å². The van der Waals surface area contributed by atoms with E-state index in [1.54, 1.807) is 31.2 Å². The number of thiophene rings is 1. The minimum Gasteiger partial charge on any atom is -0.305 e. The van der Waals surface area contributed by atoms with Crippen molar-refractivity contribution in [2.75, 3.05) is 5.32 Å². The van der Waals surface area contributed by atoms with E-state index in [0.29, 0.717) is 22.6 Å². The molecule has 28 heavy (non-hydrogen) atoms. The number of aromatic amines is 1. The zero-order valence-electron chi connectivity index (χ0n) is 15.0. The van der Waals surface area contributed by atoms with Gasteiger partial charge in [-0.3, -0.25) is 9.89 Å². The van der Waals surface area contributed by atoms with Crippen molar-refractivity contribution in [1.82, 2.24) is 14.5 Å². The van der Waals surface area contributed by atoms with Crippen LogP contribution in [0.15, 0.2) is 52.7 Å². The van der Waals surface area contributed by atoms with Gasteiger partial charge in [-0.25, -0.2) is 8.42 Å². The van der Waals surface area contributed by atoms with Gasteiger partial charge in [-0.2, -0.15) is 9.40 Å². The Hall–Kier alpha value is -2.75. The Morgan fingerprint density at radius 2 is 2.07 bits per heavy atom. The highest BCUT2D eigenvalue weighted by atomic mass is 32.2. The number of fused-ring (bicyclic) bond motifs is 1. The Labute approximate surface area is 166 Å². The topological polar surface area (TPSA) is 95.2 Å². The molecule has 7 nitrogen and oxygen atoms in total. The molecule has 0 fully saturated rings. The van der Waals surface area contributed by atoms with E-state index >= 15 is 0 Å². The second-order valence-corrected chi connectivity index (χ2v) is 9.29. The third-order valence-corrected chi connectivity index (χ3v) is 7.31. The molecule has 9 heteroatoms. The number of benzene rings is 1. The van der Waals surface area contributed by atoms with Crippen molar-refractivity contribution in [3.8, 4) is 0 Å². The van der Waals surface area contributed by atoms with Gasteiger partial charge in [0.2, 0.25) is 15.9 Å². The summed E-state index contributed by atoms with van der Waals surface area (Å²) in [5.41, 5.74) is 2.08. The largest absolute Gasteiger partial charge is 0.305 e. The van der Waals surface area contributed by atoms with Crippen LogP contribution in [-0.4, -0.2) is 28.8 Å². The van der Waals surface area contributed by atoms with Gasteiger partial charge in [0.15, 0.2) is 5.82 Å². The number of rotatable bonds is 5. The van der Waals surface area contributed by atoms with Crippen LogP contribution in [-0.2, 0) is 27.9 Å². The fraction of sp³-hybridized carbons (Fsp3) is 0.158. The number of sulfonamides is 1. The molecule has 0 unspecified atom stereocenters. The molecule has 1 aliphatic heterocycles. The monoisotopic (exact) mass is 414 g/mol. The normalized spacial score (nSPS) is 14.5. The summed E-state index contributed by atoms with van der Waals surface area (Å²) in [5, 5.41) is 11.6. The predicted molar refractivity (Wildman–Crippen MR) is 108 cm³/mol. The van der Waals surface area contributed by atoms with Crippen molar-refractivity contribution >= 4 is 39.2 Å². The summed E-state index contributed by atoms with van der Waals surface area (Å²) in [5.74, 6) is 0.0428. The SMILES string of the molecule is Cc1ccccc1S(=O)(=O)N1Cc2[nH]nc(NC(=O)/C=C/c3cccs3)c2C1. The molecule has 1 aliphatic rings. The van der Waals surface area contributed by atoms with E-state index in [-0.39, 0.29) is 23.9 Å². The van der Waals surface area contributed by atoms with E-state index in [0.717, 1.165) is 4.88 Å². The summed E-state index contributed by atoms with van der Waals surface area (Å²) >= 11 is 1.53. The molecule has 0 saturated heterocycles. The van der Waals surface area contributed by atoms with E-state index in [1.807, 2.05) is 23.6 Å². The van der Waals surface area contributed by atoms with Crippen molar-refractivity contribution in [3.63, 3.8) is 0 Å². The Balaban J connectivity index is 1.50. The van der Waals surface area contributed by atoms with Crippen LogP contribution in [0, 0.1) is 6.92 Å². The quantitative estimate of drug-likeness (QED) is 0.627. The number of aryl methyl sites for hydroxylation is 1. The van der Waals surface area contributed by atoms with Crippen molar-refractivity contribution < 1.29 is 13.2 Å². The highest BCUT2D eigenvalue weighted by molar-refractivity contribution is 7.89. The maximum absolute atomic E-state index is 13.0. The van der Waals surface area contributed by atoms with E-state index in [9.17, 15) is 13.2 Å². The third-order valence-electron chi connectivity index (χ3n) is 4.52. The van der Waals surface area contributed by atoms with Crippen LogP contribution < -0.4 is 5.32 Å². The molecule has 0 saturated carbocycles. The fourth-order valence-electron chi connectivity index (χ4n) is 3.07. The van der Waals surface area contributed by atoms with Crippen LogP contribution in [0.3, 0.4) is 0 Å². The van der Waals surface area contributed by atoms with Gasteiger partial charge >= 0.3 is 0 Å². The molecule has 0 atom stereocenters. The first-order chi connectivity index (χ1) is 13.4. The van der Waals surface area contributed by atoms with Crippen LogP contribution in [0.25, 0.3) is 6.08 Å². The second kappa shape index (κ2) is 7.34. The summed E-state index contributed by atoms with van der Waals surface area (Å²) in [6, 6.07) is 10.7. The molecule has 0 bridgehead atoms. The number of nitrogens with zero attached hydrogens (tertiary/aromatic N) is 2. The highest BCUT2D eigenvalue weighted by Gasteiger charge is 2.34. The molecule has 0 aliphatic carbocycles. The number of H-pyrrole nitrogens is 1. The molecule has 3 heterocycles. The zero-order valence-corrected chi connectivity index (χ0v) is 16.7. The average molecular weight is 415 g/mol. The minimum absolute atomic E-state index is 0.159. The number of amides is 1. The van der Waals surface area contributed by atoms with Gasteiger partial charge < -0.3 is 5.32 Å². The van der Waals surface area contributed by atoms with Crippen LogP contribution in [0.5, 0.6) is 0 Å². The number of aromatic nitrogens is 2. The lowest BCUT2D eigenvalue weighted by atomic mass is 10.2. The lowest BCUT2D eigenvalue weighted by Crippen LogP contribution is -2.27. The van der Waals surface area contributed by atoms with Gasteiger partial charge in [-0.1, -0.05) is 24.3 Å². The molecular formula is C19H18N4O3S2. The van der Waals surface area contributed by atoms with Crippen LogP contribution in [0.4, 0.5) is 5.82 Å². The molecule has 1 aromatic carbocycles. The Morgan fingerprint density at radius 1 is 1.25 bits per heavy atom. The van der Waals surface area contributed by atoms with Crippen molar-refractivity contribution in [2.24, 2.45) is 0 Å². The first-order valence-corrected chi connectivity index (χ1v) is 10.9. The Morgan fingerprint density at radius 3 is 2.82 bits per heavy atom. The first-order valence-electron chi connectivity index (χ1n) is 8.59. The molecule has 1 amide bonds. The molecule has 2 N–H and O–H groups in total. The number of carbonyl (C=O) groups is 1. The average Bonchev–Trinajstić information content (AvgIpc) is 3.39. The van der Waals surface area contributed by atoms with E-state index in [1.165, 1.54) is 21.7 Å². The molecule has 4 rings (SSSR count). The Kier molecular flexibility index (Phi) is 4.88. The third kappa shape index (κ3) is 3.51. The maximum Gasteiger partial charge on any atom is 0.249 e. The summed E-state index contributed by atoms with van der Waals surface area (Å²) in [7, 11) is -3.63. The van der Waals surface area contributed by atoms with E-state index in [4.69, 9.17) is 0 Å². The number of hydrogen-bond acceptors (Lipinski definition) is 5. The molecule has 144 valence electrons. The zero-order chi connectivity index (χ0) is 19.7. The van der Waals surface area contributed by atoms with Gasteiger partial charge in [-0.05, 0) is 36.1 Å². The van der Waals surface area contributed by atoms with E-state index in [2.05, 4.69) is 15.5 Å². The smallest absolute Gasteiger partial charge is 0.249 e. The highest BCUT2D eigenvalue weighted by Crippen LogP contribution is 2.32. The summed E-state index contributed by atoms with van der Waals surface area (Å²) in [6.07, 6.45) is 3.16. The summed E-state index contributed by atoms with van der Waals surface area (Å²) in [4.78, 5) is 13.4. The summed E-state index contributed by atoms with van der Waals surface area (Å²) in [6.45, 7) is 2.13. The molecule has 0 spiro atoms. The fourth-order valence-corrected chi connectivity index (χ4v) is 5.29. The second-order valence-electron chi connectivity index (χ2n) is 6.41. The number of carbonyl (C=O) groups excluding carboxylic acids is 1. The van der Waals surface area contributed by atoms with Crippen LogP contribution in [0.2, 0.25) is 0 Å². The summed E-state index contributed by atoms with van der Waals surface area (Å²) < 4.78 is 27.4. The number of anilines is 1. The van der Waals surface area contributed by atoms with Gasteiger partial charge in [0.25, 0.3) is 0 Å². The standard InChI is InChI=1S/C19H18N4O3S2/c1-13-5-2-3-7-17(13)28(25,26)23-11-15-16(12-23)21-22-19(15)20-18(24)9-8-14-6-4-10-27-14/h2-10H,11-12H2,1H3,(H2,20,21,22,24)/b9-8+. The number of hydrogen-bond donors (Lipinski definition) is 2. The van der Waals surface area contributed by atoms with Crippen molar-refractivity contribution in [3.05, 3.63) is 69.6 Å². The van der Waals surface area contributed by atoms with Crippen molar-refractivity contribution in [1.29, 1.82) is 0 Å². The predicted octanol–water partition coefficient (Wildman–Crippen LogP) is 3.14. The van der Waals surface area contributed by atoms with Gasteiger partial charge in [0.1, 0.15) is 0 Å². The molecular weight excluding hydrogens is 396 g/mol. The van der Waals surface area contributed by atoms with Gasteiger partial charge in [0, 0.05) is 23.1 Å². The molecule has 3 aromatic rings. The van der Waals surface area contributed by atoms with Crippen LogP contribution >= 0.6 is 11.3 Å². The van der Waals surface area contributed by atoms with E-state index < -0.39 is 10.0 Å².